The van der Waals surface area contributed by atoms with Crippen molar-refractivity contribution >= 4 is 5.69 Å². The first-order valence-electron chi connectivity index (χ1n) is 7.13. The summed E-state index contributed by atoms with van der Waals surface area (Å²) in [5.74, 6) is 0. The predicted octanol–water partition coefficient (Wildman–Crippen LogP) is 1.22. The zero-order chi connectivity index (χ0) is 12.9. The van der Waals surface area contributed by atoms with Crippen LogP contribution in [0.4, 0.5) is 5.69 Å². The summed E-state index contributed by atoms with van der Waals surface area (Å²) in [7, 11) is 0. The van der Waals surface area contributed by atoms with Crippen LogP contribution in [0.2, 0.25) is 0 Å². The van der Waals surface area contributed by atoms with Gasteiger partial charge < -0.3 is 14.4 Å². The van der Waals surface area contributed by atoms with Crippen LogP contribution in [-0.4, -0.2) is 63.5 Å². The Kier molecular flexibility index (Phi) is 4.33. The van der Waals surface area contributed by atoms with E-state index in [2.05, 4.69) is 40.1 Å². The molecule has 4 nitrogen and oxygen atoms in total. The van der Waals surface area contributed by atoms with Crippen LogP contribution < -0.4 is 4.90 Å². The first-order valence-corrected chi connectivity index (χ1v) is 7.13. The maximum atomic E-state index is 5.71. The zero-order valence-corrected chi connectivity index (χ0v) is 11.3. The highest BCUT2D eigenvalue weighted by molar-refractivity contribution is 5.46. The molecule has 4 heteroatoms. The van der Waals surface area contributed by atoms with E-state index in [9.17, 15) is 0 Å². The Bertz CT molecular complexity index is 371. The van der Waals surface area contributed by atoms with E-state index in [1.54, 1.807) is 0 Å². The van der Waals surface area contributed by atoms with Crippen molar-refractivity contribution in [2.45, 2.75) is 6.10 Å². The molecule has 2 fully saturated rings. The summed E-state index contributed by atoms with van der Waals surface area (Å²) in [6.45, 7) is 7.65. The Morgan fingerprint density at radius 1 is 1.00 bits per heavy atom. The largest absolute Gasteiger partial charge is 0.376 e. The monoisotopic (exact) mass is 262 g/mol. The molecule has 2 saturated heterocycles. The summed E-state index contributed by atoms with van der Waals surface area (Å²) in [5.41, 5.74) is 1.33. The second kappa shape index (κ2) is 6.37. The van der Waals surface area contributed by atoms with Crippen LogP contribution in [0.25, 0.3) is 0 Å². The summed E-state index contributed by atoms with van der Waals surface area (Å²) in [6, 6.07) is 10.7. The molecule has 1 aromatic rings. The lowest BCUT2D eigenvalue weighted by Gasteiger charge is -2.38. The lowest BCUT2D eigenvalue weighted by molar-refractivity contribution is -0.0977. The van der Waals surface area contributed by atoms with Crippen molar-refractivity contribution in [1.29, 1.82) is 0 Å². The Morgan fingerprint density at radius 3 is 2.47 bits per heavy atom. The van der Waals surface area contributed by atoms with Crippen molar-refractivity contribution in [2.24, 2.45) is 0 Å². The van der Waals surface area contributed by atoms with E-state index in [0.29, 0.717) is 0 Å². The minimum atomic E-state index is 0.261. The van der Waals surface area contributed by atoms with Crippen LogP contribution in [0, 0.1) is 0 Å². The molecule has 0 N–H and O–H groups in total. The van der Waals surface area contributed by atoms with Crippen LogP contribution >= 0.6 is 0 Å². The van der Waals surface area contributed by atoms with E-state index in [1.165, 1.54) is 5.69 Å². The lowest BCUT2D eigenvalue weighted by atomic mass is 10.2. The van der Waals surface area contributed by atoms with E-state index >= 15 is 0 Å². The van der Waals surface area contributed by atoms with Gasteiger partial charge >= 0.3 is 0 Å². The van der Waals surface area contributed by atoms with Gasteiger partial charge in [-0.05, 0) is 12.1 Å². The van der Waals surface area contributed by atoms with Crippen LogP contribution in [0.5, 0.6) is 0 Å². The molecule has 2 aliphatic rings. The number of hydrogen-bond acceptors (Lipinski definition) is 4. The number of benzene rings is 1. The maximum absolute atomic E-state index is 5.71. The van der Waals surface area contributed by atoms with Gasteiger partial charge in [-0.2, -0.15) is 0 Å². The van der Waals surface area contributed by atoms with E-state index in [1.807, 2.05) is 0 Å². The molecular weight excluding hydrogens is 240 g/mol. The second-order valence-electron chi connectivity index (χ2n) is 5.19. The zero-order valence-electron chi connectivity index (χ0n) is 11.3. The minimum absolute atomic E-state index is 0.261. The minimum Gasteiger partial charge on any atom is -0.376 e. The average molecular weight is 262 g/mol. The molecule has 1 aromatic carbocycles. The van der Waals surface area contributed by atoms with E-state index < -0.39 is 0 Å². The van der Waals surface area contributed by atoms with Gasteiger partial charge in [0, 0.05) is 38.4 Å². The van der Waals surface area contributed by atoms with Crippen LogP contribution in [0.15, 0.2) is 30.3 Å². The summed E-state index contributed by atoms with van der Waals surface area (Å²) in [4.78, 5) is 4.94. The Balaban J connectivity index is 1.46. The number of para-hydroxylation sites is 1. The van der Waals surface area contributed by atoms with Crippen LogP contribution in [0.1, 0.15) is 0 Å². The fourth-order valence-corrected chi connectivity index (χ4v) is 2.76. The third-order valence-electron chi connectivity index (χ3n) is 3.84. The molecule has 1 unspecified atom stereocenters. The number of nitrogens with zero attached hydrogens (tertiary/aromatic N) is 2. The number of hydrogen-bond donors (Lipinski definition) is 0. The van der Waals surface area contributed by atoms with Gasteiger partial charge in [0.05, 0.1) is 25.9 Å². The molecule has 2 heterocycles. The molecule has 1 atom stereocenters. The van der Waals surface area contributed by atoms with Gasteiger partial charge in [-0.15, -0.1) is 0 Å². The van der Waals surface area contributed by atoms with Crippen LogP contribution in [-0.2, 0) is 9.47 Å². The van der Waals surface area contributed by atoms with Gasteiger partial charge in [-0.1, -0.05) is 18.2 Å². The SMILES string of the molecule is c1ccc(N2CCN(CC3COCCO3)CC2)cc1. The quantitative estimate of drug-likeness (QED) is 0.818. The summed E-state index contributed by atoms with van der Waals surface area (Å²) in [5, 5.41) is 0. The van der Waals surface area contributed by atoms with Crippen LogP contribution in [0.3, 0.4) is 0 Å². The highest BCUT2D eigenvalue weighted by atomic mass is 16.6. The highest BCUT2D eigenvalue weighted by Crippen LogP contribution is 2.16. The molecule has 0 aliphatic carbocycles. The fourth-order valence-electron chi connectivity index (χ4n) is 2.76. The Labute approximate surface area is 114 Å². The summed E-state index contributed by atoms with van der Waals surface area (Å²) >= 11 is 0. The molecule has 3 rings (SSSR count). The highest BCUT2D eigenvalue weighted by Gasteiger charge is 2.22. The molecular formula is C15H22N2O2. The molecule has 0 saturated carbocycles. The number of rotatable bonds is 3. The van der Waals surface area contributed by atoms with Gasteiger partial charge in [0.15, 0.2) is 0 Å². The van der Waals surface area contributed by atoms with Crippen molar-refractivity contribution < 1.29 is 9.47 Å². The molecule has 0 bridgehead atoms. The third kappa shape index (κ3) is 3.47. The van der Waals surface area contributed by atoms with E-state index in [0.717, 1.165) is 52.5 Å². The number of piperazine rings is 1. The van der Waals surface area contributed by atoms with Crippen molar-refractivity contribution in [3.63, 3.8) is 0 Å². The number of ether oxygens (including phenoxy) is 2. The second-order valence-corrected chi connectivity index (χ2v) is 5.19. The lowest BCUT2D eigenvalue weighted by Crippen LogP contribution is -2.50. The fraction of sp³-hybridized carbons (Fsp3) is 0.600. The summed E-state index contributed by atoms with van der Waals surface area (Å²) < 4.78 is 11.2. The Hall–Kier alpha value is -1.10. The van der Waals surface area contributed by atoms with Gasteiger partial charge in [0.1, 0.15) is 0 Å². The first-order chi connectivity index (χ1) is 9.42. The van der Waals surface area contributed by atoms with Crippen molar-refractivity contribution in [1.82, 2.24) is 4.90 Å². The topological polar surface area (TPSA) is 24.9 Å². The molecule has 0 amide bonds. The van der Waals surface area contributed by atoms with E-state index in [-0.39, 0.29) is 6.10 Å². The van der Waals surface area contributed by atoms with Crippen molar-refractivity contribution in [3.8, 4) is 0 Å². The standard InChI is InChI=1S/C15H22N2O2/c1-2-4-14(5-3-1)17-8-6-16(7-9-17)12-15-13-18-10-11-19-15/h1-5,15H,6-13H2. The maximum Gasteiger partial charge on any atom is 0.0936 e. The molecule has 19 heavy (non-hydrogen) atoms. The predicted molar refractivity (Wildman–Crippen MR) is 75.7 cm³/mol. The van der Waals surface area contributed by atoms with E-state index in [4.69, 9.17) is 9.47 Å². The Morgan fingerprint density at radius 2 is 1.79 bits per heavy atom. The van der Waals surface area contributed by atoms with Gasteiger partial charge in [-0.25, -0.2) is 0 Å². The van der Waals surface area contributed by atoms with Gasteiger partial charge in [0.2, 0.25) is 0 Å². The molecule has 104 valence electrons. The molecule has 0 radical (unpaired) electrons. The smallest absolute Gasteiger partial charge is 0.0936 e. The van der Waals surface area contributed by atoms with Crippen molar-refractivity contribution in [2.75, 3.05) is 57.4 Å². The number of anilines is 1. The third-order valence-corrected chi connectivity index (χ3v) is 3.84. The molecule has 0 aromatic heterocycles. The van der Waals surface area contributed by atoms with Crippen molar-refractivity contribution in [3.05, 3.63) is 30.3 Å². The normalized spacial score (nSPS) is 25.5. The molecule has 0 spiro atoms. The first kappa shape index (κ1) is 12.9. The average Bonchev–Trinajstić information content (AvgIpc) is 2.50. The summed E-state index contributed by atoms with van der Waals surface area (Å²) in [6.07, 6.45) is 0.261. The van der Waals surface area contributed by atoms with Gasteiger partial charge in [0.25, 0.3) is 0 Å². The molecule has 2 aliphatic heterocycles. The van der Waals surface area contributed by atoms with Gasteiger partial charge in [-0.3, -0.25) is 4.90 Å².